The van der Waals surface area contributed by atoms with Crippen molar-refractivity contribution in [2.45, 2.75) is 41.5 Å². The van der Waals surface area contributed by atoms with Crippen LogP contribution in [-0.4, -0.2) is 19.8 Å². The highest BCUT2D eigenvalue weighted by Crippen LogP contribution is 2.32. The quantitative estimate of drug-likeness (QED) is 0.261. The number of benzene rings is 2. The predicted molar refractivity (Wildman–Crippen MR) is 135 cm³/mol. The van der Waals surface area contributed by atoms with Crippen molar-refractivity contribution in [3.8, 4) is 17.2 Å². The Kier molecular flexibility index (Phi) is 7.99. The maximum Gasteiger partial charge on any atom is 0.204 e. The standard InChI is InChI=1S/C28H32O5/c1-18(2)9-12-30-21-7-8-23-24(15-21)33-26-17-22(31-13-10-19(3)4)16-25(27(26)28(23)29)32-14-11-20(5)6/h7-11,15-17H,12-14H2,1-6H3. The van der Waals surface area contributed by atoms with Crippen molar-refractivity contribution >= 4 is 21.9 Å². The van der Waals surface area contributed by atoms with Crippen molar-refractivity contribution in [2.75, 3.05) is 19.8 Å². The molecule has 33 heavy (non-hydrogen) atoms. The summed E-state index contributed by atoms with van der Waals surface area (Å²) in [7, 11) is 0. The summed E-state index contributed by atoms with van der Waals surface area (Å²) in [5.41, 5.74) is 4.19. The molecule has 0 atom stereocenters. The van der Waals surface area contributed by atoms with Crippen LogP contribution in [-0.2, 0) is 0 Å². The van der Waals surface area contributed by atoms with Gasteiger partial charge in [0.1, 0.15) is 53.6 Å². The third-order valence-corrected chi connectivity index (χ3v) is 4.90. The summed E-state index contributed by atoms with van der Waals surface area (Å²) >= 11 is 0. The van der Waals surface area contributed by atoms with Crippen LogP contribution in [0.1, 0.15) is 41.5 Å². The van der Waals surface area contributed by atoms with Gasteiger partial charge in [0.15, 0.2) is 0 Å². The average Bonchev–Trinajstić information content (AvgIpc) is 2.72. The summed E-state index contributed by atoms with van der Waals surface area (Å²) in [6.07, 6.45) is 5.94. The predicted octanol–water partition coefficient (Wildman–Crippen LogP) is 6.98. The zero-order valence-corrected chi connectivity index (χ0v) is 20.3. The van der Waals surface area contributed by atoms with Gasteiger partial charge in [-0.1, -0.05) is 16.7 Å². The molecule has 0 saturated heterocycles. The second-order valence-electron chi connectivity index (χ2n) is 8.66. The van der Waals surface area contributed by atoms with Crippen molar-refractivity contribution in [1.82, 2.24) is 0 Å². The lowest BCUT2D eigenvalue weighted by molar-refractivity contribution is 0.346. The van der Waals surface area contributed by atoms with E-state index in [9.17, 15) is 4.79 Å². The Morgan fingerprint density at radius 1 is 0.727 bits per heavy atom. The number of allylic oxidation sites excluding steroid dienone is 3. The van der Waals surface area contributed by atoms with E-state index in [-0.39, 0.29) is 5.43 Å². The molecule has 0 bridgehead atoms. The Morgan fingerprint density at radius 3 is 1.88 bits per heavy atom. The molecule has 0 amide bonds. The van der Waals surface area contributed by atoms with Crippen LogP contribution in [0, 0.1) is 0 Å². The van der Waals surface area contributed by atoms with Gasteiger partial charge in [-0.2, -0.15) is 0 Å². The fraction of sp³-hybridized carbons (Fsp3) is 0.321. The molecule has 0 aliphatic heterocycles. The Balaban J connectivity index is 2.08. The molecular weight excluding hydrogens is 416 g/mol. The fourth-order valence-corrected chi connectivity index (χ4v) is 3.09. The molecule has 174 valence electrons. The first-order valence-electron chi connectivity index (χ1n) is 11.1. The molecule has 1 heterocycles. The van der Waals surface area contributed by atoms with E-state index in [2.05, 4.69) is 0 Å². The molecular formula is C28H32O5. The van der Waals surface area contributed by atoms with Crippen molar-refractivity contribution in [3.63, 3.8) is 0 Å². The molecule has 0 saturated carbocycles. The minimum atomic E-state index is -0.148. The molecule has 0 unspecified atom stereocenters. The topological polar surface area (TPSA) is 57.9 Å². The number of fused-ring (bicyclic) bond motifs is 2. The maximum absolute atomic E-state index is 13.4. The smallest absolute Gasteiger partial charge is 0.204 e. The first-order valence-corrected chi connectivity index (χ1v) is 11.1. The fourth-order valence-electron chi connectivity index (χ4n) is 3.09. The van der Waals surface area contributed by atoms with E-state index in [0.717, 1.165) is 11.1 Å². The second-order valence-corrected chi connectivity index (χ2v) is 8.66. The summed E-state index contributed by atoms with van der Waals surface area (Å²) in [5.74, 6) is 1.65. The van der Waals surface area contributed by atoms with Crippen molar-refractivity contribution in [2.24, 2.45) is 0 Å². The highest BCUT2D eigenvalue weighted by molar-refractivity contribution is 5.94. The van der Waals surface area contributed by atoms with Crippen LogP contribution in [0.15, 0.2) is 74.5 Å². The van der Waals surface area contributed by atoms with Crippen LogP contribution >= 0.6 is 0 Å². The van der Waals surface area contributed by atoms with Crippen molar-refractivity contribution in [3.05, 3.63) is 75.5 Å². The lowest BCUT2D eigenvalue weighted by atomic mass is 10.1. The minimum absolute atomic E-state index is 0.148. The van der Waals surface area contributed by atoms with Gasteiger partial charge >= 0.3 is 0 Å². The maximum atomic E-state index is 13.4. The van der Waals surface area contributed by atoms with E-state index < -0.39 is 0 Å². The van der Waals surface area contributed by atoms with Gasteiger partial charge in [0.05, 0.1) is 5.39 Å². The van der Waals surface area contributed by atoms with Crippen molar-refractivity contribution in [1.29, 1.82) is 0 Å². The molecule has 5 nitrogen and oxygen atoms in total. The number of hydrogen-bond acceptors (Lipinski definition) is 5. The van der Waals surface area contributed by atoms with E-state index >= 15 is 0 Å². The summed E-state index contributed by atoms with van der Waals surface area (Å²) in [4.78, 5) is 13.4. The molecule has 0 aliphatic rings. The summed E-state index contributed by atoms with van der Waals surface area (Å²) in [6, 6.07) is 8.75. The Hall–Kier alpha value is -3.47. The van der Waals surface area contributed by atoms with Gasteiger partial charge < -0.3 is 18.6 Å². The Bertz CT molecular complexity index is 1280. The number of hydrogen-bond donors (Lipinski definition) is 0. The first kappa shape index (κ1) is 24.2. The summed E-state index contributed by atoms with van der Waals surface area (Å²) in [6.45, 7) is 13.3. The van der Waals surface area contributed by atoms with Gasteiger partial charge in [-0.05, 0) is 71.9 Å². The van der Waals surface area contributed by atoms with Crippen LogP contribution in [0.5, 0.6) is 17.2 Å². The van der Waals surface area contributed by atoms with E-state index in [0.29, 0.717) is 59.0 Å². The normalized spacial score (nSPS) is 10.6. The van der Waals surface area contributed by atoms with Crippen molar-refractivity contribution < 1.29 is 18.6 Å². The number of rotatable bonds is 9. The van der Waals surface area contributed by atoms with Gasteiger partial charge in [0.2, 0.25) is 5.43 Å². The van der Waals surface area contributed by atoms with Crippen LogP contribution in [0.2, 0.25) is 0 Å². The molecule has 2 aromatic carbocycles. The van der Waals surface area contributed by atoms with Gasteiger partial charge in [-0.15, -0.1) is 0 Å². The lowest BCUT2D eigenvalue weighted by Gasteiger charge is -2.12. The Morgan fingerprint density at radius 2 is 1.27 bits per heavy atom. The van der Waals surface area contributed by atoms with E-state index in [4.69, 9.17) is 18.6 Å². The van der Waals surface area contributed by atoms with E-state index in [1.807, 2.05) is 59.8 Å². The SMILES string of the molecule is CC(C)=CCOc1ccc2c(=O)c3c(OCC=C(C)C)cc(OCC=C(C)C)cc3oc2c1. The number of ether oxygens (including phenoxy) is 3. The monoisotopic (exact) mass is 448 g/mol. The molecule has 0 N–H and O–H groups in total. The minimum Gasteiger partial charge on any atom is -0.489 e. The molecule has 0 fully saturated rings. The molecule has 3 aromatic rings. The zero-order chi connectivity index (χ0) is 24.0. The highest BCUT2D eigenvalue weighted by atomic mass is 16.5. The lowest BCUT2D eigenvalue weighted by Crippen LogP contribution is -2.07. The van der Waals surface area contributed by atoms with Gasteiger partial charge in [0, 0.05) is 18.2 Å². The second kappa shape index (κ2) is 10.9. The largest absolute Gasteiger partial charge is 0.489 e. The van der Waals surface area contributed by atoms with E-state index in [1.165, 1.54) is 5.57 Å². The van der Waals surface area contributed by atoms with Crippen LogP contribution in [0.4, 0.5) is 0 Å². The molecule has 0 radical (unpaired) electrons. The first-order chi connectivity index (χ1) is 15.7. The van der Waals surface area contributed by atoms with Crippen LogP contribution in [0.25, 0.3) is 21.9 Å². The van der Waals surface area contributed by atoms with Gasteiger partial charge in [-0.25, -0.2) is 0 Å². The zero-order valence-electron chi connectivity index (χ0n) is 20.3. The molecule has 5 heteroatoms. The summed E-state index contributed by atoms with van der Waals surface area (Å²) in [5, 5.41) is 0.875. The van der Waals surface area contributed by atoms with Crippen LogP contribution in [0.3, 0.4) is 0 Å². The Labute approximate surface area is 195 Å². The average molecular weight is 449 g/mol. The highest BCUT2D eigenvalue weighted by Gasteiger charge is 2.16. The third kappa shape index (κ3) is 6.51. The molecule has 0 aliphatic carbocycles. The van der Waals surface area contributed by atoms with Gasteiger partial charge in [0.25, 0.3) is 0 Å². The van der Waals surface area contributed by atoms with E-state index in [1.54, 1.807) is 30.3 Å². The molecule has 1 aromatic heterocycles. The summed E-state index contributed by atoms with van der Waals surface area (Å²) < 4.78 is 23.8. The molecule has 0 spiro atoms. The third-order valence-electron chi connectivity index (χ3n) is 4.90. The van der Waals surface area contributed by atoms with Crippen LogP contribution < -0.4 is 19.6 Å². The van der Waals surface area contributed by atoms with Gasteiger partial charge in [-0.3, -0.25) is 4.79 Å². The molecule has 3 rings (SSSR count).